The molecule has 36 heavy (non-hydrogen) atoms. The van der Waals surface area contributed by atoms with E-state index in [0.717, 1.165) is 22.4 Å². The molecule has 10 heteroatoms. The van der Waals surface area contributed by atoms with E-state index in [4.69, 9.17) is 0 Å². The van der Waals surface area contributed by atoms with Gasteiger partial charge in [-0.25, -0.2) is 14.7 Å². The average Bonchev–Trinajstić information content (AvgIpc) is 3.42. The fourth-order valence-electron chi connectivity index (χ4n) is 4.81. The molecule has 2 aliphatic heterocycles. The maximum absolute atomic E-state index is 13.0. The van der Waals surface area contributed by atoms with Gasteiger partial charge in [0.15, 0.2) is 0 Å². The van der Waals surface area contributed by atoms with Crippen molar-refractivity contribution in [3.63, 3.8) is 0 Å². The molecule has 186 valence electrons. The molecule has 1 atom stereocenters. The first-order chi connectivity index (χ1) is 17.4. The normalized spacial score (nSPS) is 17.4. The lowest BCUT2D eigenvalue weighted by Crippen LogP contribution is -2.47. The number of piperidine rings is 1. The molecular weight excluding hydrogens is 478 g/mol. The Morgan fingerprint density at radius 1 is 1.08 bits per heavy atom. The van der Waals surface area contributed by atoms with Crippen LogP contribution >= 0.6 is 11.3 Å². The number of carbonyl (C=O) groups excluding carboxylic acids is 4. The van der Waals surface area contributed by atoms with E-state index < -0.39 is 0 Å². The first kappa shape index (κ1) is 23.9. The van der Waals surface area contributed by atoms with Gasteiger partial charge in [0.2, 0.25) is 11.0 Å². The number of hydrogen-bond donors (Lipinski definition) is 1. The lowest BCUT2D eigenvalue weighted by atomic mass is 9.96. The number of amides is 5. The van der Waals surface area contributed by atoms with Gasteiger partial charge in [0.05, 0.1) is 27.3 Å². The number of aromatic nitrogens is 1. The van der Waals surface area contributed by atoms with Crippen LogP contribution in [0.1, 0.15) is 47.4 Å². The van der Waals surface area contributed by atoms with Crippen LogP contribution in [0.4, 0.5) is 15.6 Å². The Bertz CT molecular complexity index is 1330. The van der Waals surface area contributed by atoms with Crippen LogP contribution in [0.3, 0.4) is 0 Å². The molecule has 0 bridgehead atoms. The minimum atomic E-state index is -0.387. The zero-order valence-electron chi connectivity index (χ0n) is 20.2. The topological polar surface area (TPSA) is 103 Å². The van der Waals surface area contributed by atoms with Crippen molar-refractivity contribution < 1.29 is 19.2 Å². The maximum atomic E-state index is 13.0. The number of anilines is 2. The van der Waals surface area contributed by atoms with Gasteiger partial charge in [-0.1, -0.05) is 23.5 Å². The number of hydrogen-bond acceptors (Lipinski definition) is 6. The summed E-state index contributed by atoms with van der Waals surface area (Å²) in [6.45, 7) is 6.24. The molecule has 3 aromatic rings. The van der Waals surface area contributed by atoms with Gasteiger partial charge in [0.25, 0.3) is 11.8 Å². The number of likely N-dealkylation sites (tertiary alicyclic amines) is 1. The van der Waals surface area contributed by atoms with Gasteiger partial charge in [-0.2, -0.15) is 0 Å². The van der Waals surface area contributed by atoms with Crippen LogP contribution in [-0.2, 0) is 4.79 Å². The first-order valence-electron chi connectivity index (χ1n) is 12.1. The highest BCUT2D eigenvalue weighted by Crippen LogP contribution is 2.35. The van der Waals surface area contributed by atoms with Gasteiger partial charge in [-0.3, -0.25) is 14.4 Å². The molecule has 0 unspecified atom stereocenters. The summed E-state index contributed by atoms with van der Waals surface area (Å²) in [5.41, 5.74) is 1.96. The molecule has 1 aromatic heterocycles. The molecule has 1 saturated heterocycles. The molecule has 1 N–H and O–H groups in total. The molecular formula is C26H27N5O4S. The highest BCUT2D eigenvalue weighted by molar-refractivity contribution is 7.22. The Morgan fingerprint density at radius 2 is 1.78 bits per heavy atom. The van der Waals surface area contributed by atoms with Crippen molar-refractivity contribution in [2.75, 3.05) is 36.4 Å². The quantitative estimate of drug-likeness (QED) is 0.524. The van der Waals surface area contributed by atoms with E-state index in [1.165, 1.54) is 11.3 Å². The predicted octanol–water partition coefficient (Wildman–Crippen LogP) is 4.21. The number of benzene rings is 2. The summed E-state index contributed by atoms with van der Waals surface area (Å²) >= 11 is 1.22. The molecule has 3 heterocycles. The van der Waals surface area contributed by atoms with Crippen LogP contribution in [0.2, 0.25) is 0 Å². The third-order valence-electron chi connectivity index (χ3n) is 6.75. The summed E-state index contributed by atoms with van der Waals surface area (Å²) in [7, 11) is 0. The lowest BCUT2D eigenvalue weighted by Gasteiger charge is -2.34. The number of fused-ring (bicyclic) bond motifs is 2. The summed E-state index contributed by atoms with van der Waals surface area (Å²) in [6.07, 6.45) is 1.56. The molecule has 1 fully saturated rings. The number of nitrogens with zero attached hydrogens (tertiary/aromatic N) is 4. The van der Waals surface area contributed by atoms with Crippen molar-refractivity contribution in [3.05, 3.63) is 53.6 Å². The summed E-state index contributed by atoms with van der Waals surface area (Å²) < 4.78 is 0.743. The van der Waals surface area contributed by atoms with E-state index in [9.17, 15) is 19.2 Å². The standard InChI is InChI=1S/C26H27N5O4S/c1-3-29(4-2)22(32)16-8-7-13-30(15-16)25(35)27-17-11-12-20-21(14-17)36-26(28-20)31-23(33)18-9-5-6-10-19(18)24(31)34/h5-6,9-12,14,16H,3-4,7-8,13,15H2,1-2H3,(H,27,35)/t16-/m0/s1. The van der Waals surface area contributed by atoms with Crippen molar-refractivity contribution in [2.24, 2.45) is 5.92 Å². The third kappa shape index (κ3) is 4.21. The van der Waals surface area contributed by atoms with Gasteiger partial charge < -0.3 is 15.1 Å². The second-order valence-corrected chi connectivity index (χ2v) is 9.91. The Hall–Kier alpha value is -3.79. The second-order valence-electron chi connectivity index (χ2n) is 8.90. The Morgan fingerprint density at radius 3 is 2.44 bits per heavy atom. The maximum Gasteiger partial charge on any atom is 0.321 e. The summed E-state index contributed by atoms with van der Waals surface area (Å²) in [5, 5.41) is 3.22. The first-order valence-corrected chi connectivity index (χ1v) is 13.0. The van der Waals surface area contributed by atoms with Gasteiger partial charge in [0.1, 0.15) is 0 Å². The van der Waals surface area contributed by atoms with Gasteiger partial charge in [-0.05, 0) is 57.0 Å². The van der Waals surface area contributed by atoms with Crippen molar-refractivity contribution in [1.82, 2.24) is 14.8 Å². The monoisotopic (exact) mass is 505 g/mol. The third-order valence-corrected chi connectivity index (χ3v) is 7.75. The fourth-order valence-corrected chi connectivity index (χ4v) is 5.81. The van der Waals surface area contributed by atoms with Crippen LogP contribution in [0.15, 0.2) is 42.5 Å². The second kappa shape index (κ2) is 9.69. The molecule has 0 saturated carbocycles. The molecule has 5 amide bonds. The van der Waals surface area contributed by atoms with E-state index in [1.54, 1.807) is 47.4 Å². The zero-order chi connectivity index (χ0) is 25.4. The number of carbonyl (C=O) groups is 4. The molecule has 0 radical (unpaired) electrons. The number of imide groups is 1. The zero-order valence-corrected chi connectivity index (χ0v) is 21.0. The van der Waals surface area contributed by atoms with E-state index in [0.29, 0.717) is 53.6 Å². The average molecular weight is 506 g/mol. The molecule has 5 rings (SSSR count). The number of nitrogens with one attached hydrogen (secondary N) is 1. The van der Waals surface area contributed by atoms with E-state index in [-0.39, 0.29) is 29.7 Å². The molecule has 0 aliphatic carbocycles. The summed E-state index contributed by atoms with van der Waals surface area (Å²) in [4.78, 5) is 60.5. The predicted molar refractivity (Wildman–Crippen MR) is 138 cm³/mol. The number of thiazole rings is 1. The van der Waals surface area contributed by atoms with Crippen molar-refractivity contribution in [3.8, 4) is 0 Å². The van der Waals surface area contributed by atoms with E-state index in [1.807, 2.05) is 18.7 Å². The molecule has 0 spiro atoms. The lowest BCUT2D eigenvalue weighted by molar-refractivity contribution is -0.136. The molecule has 2 aromatic carbocycles. The SMILES string of the molecule is CCN(CC)C(=O)[C@H]1CCCN(C(=O)Nc2ccc3nc(N4C(=O)c5ccccc5C4=O)sc3c2)C1. The highest BCUT2D eigenvalue weighted by Gasteiger charge is 2.38. The molecule has 9 nitrogen and oxygen atoms in total. The van der Waals surface area contributed by atoms with Crippen LogP contribution in [-0.4, -0.2) is 64.7 Å². The Labute approximate surface area is 212 Å². The van der Waals surface area contributed by atoms with Gasteiger partial charge in [-0.15, -0.1) is 0 Å². The number of rotatable bonds is 5. The fraction of sp³-hybridized carbons (Fsp3) is 0.346. The number of urea groups is 1. The van der Waals surface area contributed by atoms with Crippen molar-refractivity contribution >= 4 is 56.1 Å². The van der Waals surface area contributed by atoms with Gasteiger partial charge >= 0.3 is 6.03 Å². The minimum Gasteiger partial charge on any atom is -0.343 e. The van der Waals surface area contributed by atoms with Crippen molar-refractivity contribution in [2.45, 2.75) is 26.7 Å². The van der Waals surface area contributed by atoms with Crippen LogP contribution in [0, 0.1) is 5.92 Å². The van der Waals surface area contributed by atoms with Crippen LogP contribution in [0.25, 0.3) is 10.2 Å². The van der Waals surface area contributed by atoms with Crippen LogP contribution < -0.4 is 10.2 Å². The Balaban J connectivity index is 1.30. The van der Waals surface area contributed by atoms with E-state index in [2.05, 4.69) is 10.3 Å². The van der Waals surface area contributed by atoms with Crippen molar-refractivity contribution in [1.29, 1.82) is 0 Å². The molecule has 2 aliphatic rings. The smallest absolute Gasteiger partial charge is 0.321 e. The van der Waals surface area contributed by atoms with Gasteiger partial charge in [0, 0.05) is 31.9 Å². The largest absolute Gasteiger partial charge is 0.343 e. The van der Waals surface area contributed by atoms with Crippen LogP contribution in [0.5, 0.6) is 0 Å². The van der Waals surface area contributed by atoms with E-state index >= 15 is 0 Å². The summed E-state index contributed by atoms with van der Waals surface area (Å²) in [6, 6.07) is 11.8. The Kier molecular flexibility index (Phi) is 6.44. The highest BCUT2D eigenvalue weighted by atomic mass is 32.1. The minimum absolute atomic E-state index is 0.101. The summed E-state index contributed by atoms with van der Waals surface area (Å²) in [5.74, 6) is -0.857.